The van der Waals surface area contributed by atoms with Crippen molar-refractivity contribution in [1.29, 1.82) is 0 Å². The lowest BCUT2D eigenvalue weighted by atomic mass is 9.91. The summed E-state index contributed by atoms with van der Waals surface area (Å²) >= 11 is 0. The van der Waals surface area contributed by atoms with Crippen molar-refractivity contribution < 1.29 is 22.0 Å². The molecule has 1 aliphatic rings. The van der Waals surface area contributed by atoms with Gasteiger partial charge in [-0.1, -0.05) is 30.3 Å². The van der Waals surface area contributed by atoms with E-state index in [1.54, 1.807) is 31.2 Å². The van der Waals surface area contributed by atoms with Crippen molar-refractivity contribution in [2.75, 3.05) is 19.6 Å². The summed E-state index contributed by atoms with van der Waals surface area (Å²) in [5, 5.41) is 2.79. The highest BCUT2D eigenvalue weighted by Crippen LogP contribution is 2.23. The average molecular weight is 375 g/mol. The van der Waals surface area contributed by atoms with Crippen LogP contribution in [0.15, 0.2) is 30.3 Å². The van der Waals surface area contributed by atoms with Gasteiger partial charge in [-0.05, 0) is 31.2 Å². The molecule has 0 radical (unpaired) electrons. The van der Waals surface area contributed by atoms with Gasteiger partial charge in [-0.2, -0.15) is 13.1 Å². The first-order valence-electron chi connectivity index (χ1n) is 8.05. The molecular weight excluding hydrogens is 352 g/mol. The summed E-state index contributed by atoms with van der Waals surface area (Å²) < 4.78 is 48.8. The molecule has 0 bridgehead atoms. The van der Waals surface area contributed by atoms with Gasteiger partial charge in [0.05, 0.1) is 0 Å². The van der Waals surface area contributed by atoms with Crippen molar-refractivity contribution in [3.05, 3.63) is 35.9 Å². The van der Waals surface area contributed by atoms with Crippen LogP contribution in [0.1, 0.15) is 25.3 Å². The molecule has 1 atom stereocenters. The maximum atomic E-state index is 12.5. The van der Waals surface area contributed by atoms with Crippen molar-refractivity contribution >= 4 is 15.9 Å². The molecule has 9 heteroatoms. The number of halogens is 2. The second kappa shape index (κ2) is 7.76. The molecule has 1 aromatic carbocycles. The standard InChI is InChI=1S/C16H23F2N3O3S/c1-16(19,13-5-3-2-4-6-13)14(22)20-11-12-7-9-21(10-8-12)25(23,24)15(17)18/h2-6,12,15H,7-11,19H2,1H3,(H,20,22). The topological polar surface area (TPSA) is 92.5 Å². The number of hydrogen-bond donors (Lipinski definition) is 2. The van der Waals surface area contributed by atoms with Gasteiger partial charge in [-0.3, -0.25) is 4.79 Å². The molecule has 3 N–H and O–H groups in total. The minimum Gasteiger partial charge on any atom is -0.354 e. The number of rotatable bonds is 6. The number of sulfonamides is 1. The van der Waals surface area contributed by atoms with Crippen LogP contribution in [0.25, 0.3) is 0 Å². The van der Waals surface area contributed by atoms with Crippen LogP contribution >= 0.6 is 0 Å². The molecule has 0 saturated carbocycles. The molecule has 6 nitrogen and oxygen atoms in total. The number of nitrogens with zero attached hydrogens (tertiary/aromatic N) is 1. The van der Waals surface area contributed by atoms with E-state index >= 15 is 0 Å². The highest BCUT2D eigenvalue weighted by Gasteiger charge is 2.35. The Bertz CT molecular complexity index is 688. The molecule has 0 spiro atoms. The van der Waals surface area contributed by atoms with E-state index in [1.807, 2.05) is 6.07 Å². The van der Waals surface area contributed by atoms with Gasteiger partial charge < -0.3 is 11.1 Å². The fourth-order valence-electron chi connectivity index (χ4n) is 2.82. The molecule has 1 fully saturated rings. The summed E-state index contributed by atoms with van der Waals surface area (Å²) in [6.07, 6.45) is 0.831. The zero-order chi connectivity index (χ0) is 18.7. The number of benzene rings is 1. The zero-order valence-corrected chi connectivity index (χ0v) is 14.8. The zero-order valence-electron chi connectivity index (χ0n) is 14.0. The summed E-state index contributed by atoms with van der Waals surface area (Å²) in [5.74, 6) is -3.70. The van der Waals surface area contributed by atoms with Gasteiger partial charge >= 0.3 is 5.76 Å². The Morgan fingerprint density at radius 2 is 1.88 bits per heavy atom. The molecule has 1 saturated heterocycles. The van der Waals surface area contributed by atoms with E-state index in [1.165, 1.54) is 0 Å². The molecule has 1 heterocycles. The lowest BCUT2D eigenvalue weighted by Gasteiger charge is -2.32. The Balaban J connectivity index is 1.86. The Kier molecular flexibility index (Phi) is 6.12. The fourth-order valence-corrected chi connectivity index (χ4v) is 3.76. The number of alkyl halides is 2. The maximum Gasteiger partial charge on any atom is 0.350 e. The highest BCUT2D eigenvalue weighted by atomic mass is 32.2. The van der Waals surface area contributed by atoms with Crippen molar-refractivity contribution in [2.24, 2.45) is 11.7 Å². The van der Waals surface area contributed by atoms with E-state index in [0.717, 1.165) is 4.31 Å². The van der Waals surface area contributed by atoms with Crippen LogP contribution in [-0.2, 0) is 20.4 Å². The minimum absolute atomic E-state index is 0.0274. The van der Waals surface area contributed by atoms with E-state index in [4.69, 9.17) is 5.73 Å². The van der Waals surface area contributed by atoms with Crippen LogP contribution in [0.4, 0.5) is 8.78 Å². The van der Waals surface area contributed by atoms with Crippen LogP contribution in [0.2, 0.25) is 0 Å². The molecule has 140 valence electrons. The normalized spacial score (nSPS) is 19.6. The second-order valence-corrected chi connectivity index (χ2v) is 8.33. The Morgan fingerprint density at radius 3 is 2.40 bits per heavy atom. The molecule has 25 heavy (non-hydrogen) atoms. The van der Waals surface area contributed by atoms with Crippen LogP contribution < -0.4 is 11.1 Å². The summed E-state index contributed by atoms with van der Waals surface area (Å²) in [5.41, 5.74) is 5.63. The van der Waals surface area contributed by atoms with Crippen molar-refractivity contribution in [3.63, 3.8) is 0 Å². The van der Waals surface area contributed by atoms with Crippen molar-refractivity contribution in [2.45, 2.75) is 31.1 Å². The van der Waals surface area contributed by atoms with E-state index in [9.17, 15) is 22.0 Å². The molecule has 1 unspecified atom stereocenters. The van der Waals surface area contributed by atoms with Gasteiger partial charge in [0.25, 0.3) is 10.0 Å². The van der Waals surface area contributed by atoms with Crippen molar-refractivity contribution in [3.8, 4) is 0 Å². The van der Waals surface area contributed by atoms with Crippen LogP contribution in [0.3, 0.4) is 0 Å². The summed E-state index contributed by atoms with van der Waals surface area (Å²) in [6.45, 7) is 2.02. The van der Waals surface area contributed by atoms with Gasteiger partial charge in [0, 0.05) is 19.6 Å². The third kappa shape index (κ3) is 4.53. The largest absolute Gasteiger partial charge is 0.354 e. The second-order valence-electron chi connectivity index (χ2n) is 6.43. The Morgan fingerprint density at radius 1 is 1.32 bits per heavy atom. The van der Waals surface area contributed by atoms with Gasteiger partial charge in [0.2, 0.25) is 5.91 Å². The average Bonchev–Trinajstić information content (AvgIpc) is 2.60. The molecular formula is C16H23F2N3O3S. The third-order valence-electron chi connectivity index (χ3n) is 4.55. The molecule has 2 rings (SSSR count). The third-order valence-corrected chi connectivity index (χ3v) is 6.09. The first kappa shape index (κ1) is 19.7. The van der Waals surface area contributed by atoms with Crippen LogP contribution in [-0.4, -0.2) is 44.0 Å². The fraction of sp³-hybridized carbons (Fsp3) is 0.562. The van der Waals surface area contributed by atoms with E-state index in [-0.39, 0.29) is 24.9 Å². The summed E-state index contributed by atoms with van der Waals surface area (Å²) in [4.78, 5) is 12.4. The number of carbonyl (C=O) groups excluding carboxylic acids is 1. The summed E-state index contributed by atoms with van der Waals surface area (Å²) in [7, 11) is -4.52. The lowest BCUT2D eigenvalue weighted by Crippen LogP contribution is -2.51. The van der Waals surface area contributed by atoms with Gasteiger partial charge in [-0.25, -0.2) is 8.42 Å². The molecule has 0 aromatic heterocycles. The van der Waals surface area contributed by atoms with E-state index < -0.39 is 21.3 Å². The number of nitrogens with one attached hydrogen (secondary N) is 1. The molecule has 0 aliphatic carbocycles. The van der Waals surface area contributed by atoms with Gasteiger partial charge in [0.1, 0.15) is 5.54 Å². The Labute approximate surface area is 146 Å². The van der Waals surface area contributed by atoms with Gasteiger partial charge in [-0.15, -0.1) is 0 Å². The minimum atomic E-state index is -4.52. The summed E-state index contributed by atoms with van der Waals surface area (Å²) in [6, 6.07) is 8.97. The quantitative estimate of drug-likeness (QED) is 0.782. The molecule has 1 amide bonds. The van der Waals surface area contributed by atoms with Crippen molar-refractivity contribution in [1.82, 2.24) is 9.62 Å². The molecule has 1 aromatic rings. The molecule has 1 aliphatic heterocycles. The lowest BCUT2D eigenvalue weighted by molar-refractivity contribution is -0.126. The predicted molar refractivity (Wildman–Crippen MR) is 90.2 cm³/mol. The van der Waals surface area contributed by atoms with Crippen LogP contribution in [0.5, 0.6) is 0 Å². The predicted octanol–water partition coefficient (Wildman–Crippen LogP) is 1.24. The number of carbonyl (C=O) groups is 1. The van der Waals surface area contributed by atoms with E-state index in [2.05, 4.69) is 5.32 Å². The number of piperidine rings is 1. The first-order valence-corrected chi connectivity index (χ1v) is 9.56. The van der Waals surface area contributed by atoms with E-state index in [0.29, 0.717) is 24.9 Å². The van der Waals surface area contributed by atoms with Crippen LogP contribution in [0, 0.1) is 5.92 Å². The number of amides is 1. The Hall–Kier alpha value is -1.58. The number of nitrogens with two attached hydrogens (primary N) is 1. The first-order chi connectivity index (χ1) is 11.7. The maximum absolute atomic E-state index is 12.5. The smallest absolute Gasteiger partial charge is 0.350 e. The number of hydrogen-bond acceptors (Lipinski definition) is 4. The highest BCUT2D eigenvalue weighted by molar-refractivity contribution is 7.89. The SMILES string of the molecule is CC(N)(C(=O)NCC1CCN(S(=O)(=O)C(F)F)CC1)c1ccccc1. The van der Waals surface area contributed by atoms with Gasteiger partial charge in [0.15, 0.2) is 0 Å². The monoisotopic (exact) mass is 375 g/mol.